The van der Waals surface area contributed by atoms with E-state index in [0.717, 1.165) is 75.8 Å². The number of nitrogens with zero attached hydrogens (tertiary/aromatic N) is 4. The summed E-state index contributed by atoms with van der Waals surface area (Å²) in [7, 11) is 0. The van der Waals surface area contributed by atoms with Gasteiger partial charge in [-0.1, -0.05) is 24.3 Å². The van der Waals surface area contributed by atoms with Crippen LogP contribution in [0.5, 0.6) is 0 Å². The van der Waals surface area contributed by atoms with Crippen LogP contribution in [0.1, 0.15) is 15.9 Å². The van der Waals surface area contributed by atoms with E-state index >= 15 is 0 Å². The number of carbonyl (C=O) groups is 1. The second-order valence-electron chi connectivity index (χ2n) is 8.21. The van der Waals surface area contributed by atoms with Crippen molar-refractivity contribution in [2.75, 3.05) is 57.4 Å². The molecule has 0 atom stereocenters. The summed E-state index contributed by atoms with van der Waals surface area (Å²) in [6.45, 7) is 7.46. The van der Waals surface area contributed by atoms with E-state index in [0.29, 0.717) is 0 Å². The summed E-state index contributed by atoms with van der Waals surface area (Å²) < 4.78 is 5.42. The fourth-order valence-corrected chi connectivity index (χ4v) is 4.46. The minimum atomic E-state index is 0.125. The van der Waals surface area contributed by atoms with Gasteiger partial charge in [-0.2, -0.15) is 0 Å². The molecule has 2 fully saturated rings. The average molecular weight is 417 g/mol. The number of ether oxygens (including phenoxy) is 1. The van der Waals surface area contributed by atoms with E-state index < -0.39 is 0 Å². The van der Waals surface area contributed by atoms with Crippen LogP contribution in [-0.2, 0) is 11.3 Å². The first-order valence-electron chi connectivity index (χ1n) is 11.0. The van der Waals surface area contributed by atoms with Crippen molar-refractivity contribution in [1.82, 2.24) is 14.8 Å². The smallest absolute Gasteiger partial charge is 0.253 e. The summed E-state index contributed by atoms with van der Waals surface area (Å²) in [4.78, 5) is 24.2. The Morgan fingerprint density at radius 2 is 1.61 bits per heavy atom. The van der Waals surface area contributed by atoms with Crippen LogP contribution in [0.4, 0.5) is 5.69 Å². The summed E-state index contributed by atoms with van der Waals surface area (Å²) >= 11 is 0. The topological polar surface area (TPSA) is 48.9 Å². The molecule has 3 heterocycles. The van der Waals surface area contributed by atoms with Crippen molar-refractivity contribution < 1.29 is 9.53 Å². The SMILES string of the molecule is O=C(c1ccc(N2CCOCC2)cc1)N1CCN(Cc2cccc3cccnc23)CC1. The van der Waals surface area contributed by atoms with Crippen molar-refractivity contribution in [3.63, 3.8) is 0 Å². The van der Waals surface area contributed by atoms with Crippen LogP contribution in [0.15, 0.2) is 60.8 Å². The number of rotatable bonds is 4. The van der Waals surface area contributed by atoms with E-state index in [-0.39, 0.29) is 5.91 Å². The fourth-order valence-electron chi connectivity index (χ4n) is 4.46. The predicted molar refractivity (Wildman–Crippen MR) is 122 cm³/mol. The molecule has 3 aromatic rings. The molecule has 31 heavy (non-hydrogen) atoms. The second kappa shape index (κ2) is 9.04. The Labute approximate surface area is 183 Å². The predicted octanol–water partition coefficient (Wildman–Crippen LogP) is 3.03. The molecule has 2 aliphatic heterocycles. The Morgan fingerprint density at radius 1 is 0.871 bits per heavy atom. The third-order valence-electron chi connectivity index (χ3n) is 6.26. The van der Waals surface area contributed by atoms with Crippen LogP contribution in [0.2, 0.25) is 0 Å². The van der Waals surface area contributed by atoms with Gasteiger partial charge >= 0.3 is 0 Å². The van der Waals surface area contributed by atoms with Crippen LogP contribution >= 0.6 is 0 Å². The Balaban J connectivity index is 1.19. The number of hydrogen-bond donors (Lipinski definition) is 0. The second-order valence-corrected chi connectivity index (χ2v) is 8.21. The number of aromatic nitrogens is 1. The lowest BCUT2D eigenvalue weighted by Crippen LogP contribution is -2.48. The number of para-hydroxylation sites is 1. The van der Waals surface area contributed by atoms with Gasteiger partial charge in [0.05, 0.1) is 18.7 Å². The first-order valence-corrected chi connectivity index (χ1v) is 11.0. The maximum atomic E-state index is 13.0. The van der Waals surface area contributed by atoms with Crippen molar-refractivity contribution in [2.45, 2.75) is 6.54 Å². The monoisotopic (exact) mass is 416 g/mol. The molecule has 1 amide bonds. The summed E-state index contributed by atoms with van der Waals surface area (Å²) in [6.07, 6.45) is 1.85. The van der Waals surface area contributed by atoms with Gasteiger partial charge in [0.15, 0.2) is 0 Å². The number of piperazine rings is 1. The molecular weight excluding hydrogens is 388 g/mol. The maximum absolute atomic E-state index is 13.0. The van der Waals surface area contributed by atoms with E-state index in [1.807, 2.05) is 29.3 Å². The van der Waals surface area contributed by atoms with Crippen LogP contribution in [0.3, 0.4) is 0 Å². The molecule has 6 nitrogen and oxygen atoms in total. The zero-order valence-corrected chi connectivity index (χ0v) is 17.7. The first kappa shape index (κ1) is 20.0. The molecule has 0 saturated carbocycles. The van der Waals surface area contributed by atoms with Crippen molar-refractivity contribution in [2.24, 2.45) is 0 Å². The number of anilines is 1. The van der Waals surface area contributed by atoms with Gasteiger partial charge in [-0.15, -0.1) is 0 Å². The highest BCUT2D eigenvalue weighted by atomic mass is 16.5. The number of amides is 1. The largest absolute Gasteiger partial charge is 0.378 e. The zero-order chi connectivity index (χ0) is 21.0. The molecule has 0 aliphatic carbocycles. The summed E-state index contributed by atoms with van der Waals surface area (Å²) in [5.41, 5.74) is 4.25. The average Bonchev–Trinajstić information content (AvgIpc) is 2.85. The normalized spacial score (nSPS) is 17.8. The highest BCUT2D eigenvalue weighted by Crippen LogP contribution is 2.20. The van der Waals surface area contributed by atoms with E-state index in [1.165, 1.54) is 10.9 Å². The first-order chi connectivity index (χ1) is 15.3. The molecule has 0 radical (unpaired) electrons. The molecule has 0 unspecified atom stereocenters. The van der Waals surface area contributed by atoms with E-state index in [4.69, 9.17) is 4.74 Å². The lowest BCUT2D eigenvalue weighted by Gasteiger charge is -2.35. The summed E-state index contributed by atoms with van der Waals surface area (Å²) in [5, 5.41) is 1.18. The lowest BCUT2D eigenvalue weighted by atomic mass is 10.1. The summed E-state index contributed by atoms with van der Waals surface area (Å²) in [6, 6.07) is 18.5. The van der Waals surface area contributed by atoms with Gasteiger partial charge in [0.2, 0.25) is 0 Å². The number of hydrogen-bond acceptors (Lipinski definition) is 5. The standard InChI is InChI=1S/C25H28N4O2/c30-25(21-6-8-23(9-7-21)28-15-17-31-18-16-28)29-13-11-27(12-14-29)19-22-4-1-3-20-5-2-10-26-24(20)22/h1-10H,11-19H2. The van der Waals surface area contributed by atoms with Gasteiger partial charge in [-0.25, -0.2) is 0 Å². The van der Waals surface area contributed by atoms with Crippen molar-refractivity contribution in [1.29, 1.82) is 0 Å². The highest BCUT2D eigenvalue weighted by molar-refractivity contribution is 5.94. The Hall–Kier alpha value is -2.96. The molecule has 2 saturated heterocycles. The lowest BCUT2D eigenvalue weighted by molar-refractivity contribution is 0.0629. The van der Waals surface area contributed by atoms with Gasteiger partial charge in [-0.3, -0.25) is 14.7 Å². The highest BCUT2D eigenvalue weighted by Gasteiger charge is 2.23. The maximum Gasteiger partial charge on any atom is 0.253 e. The molecular formula is C25H28N4O2. The molecule has 6 heteroatoms. The van der Waals surface area contributed by atoms with Crippen molar-refractivity contribution in [3.05, 3.63) is 71.9 Å². The van der Waals surface area contributed by atoms with Gasteiger partial charge < -0.3 is 14.5 Å². The van der Waals surface area contributed by atoms with Gasteiger partial charge in [-0.05, 0) is 35.9 Å². The quantitative estimate of drug-likeness (QED) is 0.654. The zero-order valence-electron chi connectivity index (χ0n) is 17.7. The van der Waals surface area contributed by atoms with E-state index in [1.54, 1.807) is 0 Å². The number of fused-ring (bicyclic) bond motifs is 1. The minimum Gasteiger partial charge on any atom is -0.378 e. The number of carbonyl (C=O) groups excluding carboxylic acids is 1. The molecule has 0 N–H and O–H groups in total. The number of morpholine rings is 1. The molecule has 2 aliphatic rings. The van der Waals surface area contributed by atoms with Crippen LogP contribution in [0, 0.1) is 0 Å². The van der Waals surface area contributed by atoms with Crippen LogP contribution < -0.4 is 4.90 Å². The van der Waals surface area contributed by atoms with Crippen molar-refractivity contribution in [3.8, 4) is 0 Å². The van der Waals surface area contributed by atoms with Gasteiger partial charge in [0.25, 0.3) is 5.91 Å². The van der Waals surface area contributed by atoms with Gasteiger partial charge in [0.1, 0.15) is 0 Å². The number of benzene rings is 2. The Bertz CT molecular complexity index is 1030. The van der Waals surface area contributed by atoms with E-state index in [2.05, 4.69) is 51.2 Å². The van der Waals surface area contributed by atoms with Crippen LogP contribution in [-0.4, -0.2) is 73.2 Å². The molecule has 160 valence electrons. The molecule has 5 rings (SSSR count). The van der Waals surface area contributed by atoms with Gasteiger partial charge in [0, 0.05) is 68.6 Å². The number of pyridine rings is 1. The Morgan fingerprint density at radius 3 is 2.39 bits per heavy atom. The van der Waals surface area contributed by atoms with E-state index in [9.17, 15) is 4.79 Å². The molecule has 2 aromatic carbocycles. The Kier molecular flexibility index (Phi) is 5.82. The summed E-state index contributed by atoms with van der Waals surface area (Å²) in [5.74, 6) is 0.125. The van der Waals surface area contributed by atoms with Crippen molar-refractivity contribution >= 4 is 22.5 Å². The minimum absolute atomic E-state index is 0.125. The third kappa shape index (κ3) is 4.40. The third-order valence-corrected chi connectivity index (χ3v) is 6.26. The molecule has 1 aromatic heterocycles. The molecule has 0 bridgehead atoms. The molecule has 0 spiro atoms. The fraction of sp³-hybridized carbons (Fsp3) is 0.360. The van der Waals surface area contributed by atoms with Crippen LogP contribution in [0.25, 0.3) is 10.9 Å².